The molecule has 2 aliphatic rings. The summed E-state index contributed by atoms with van der Waals surface area (Å²) in [6.07, 6.45) is -0.294. The summed E-state index contributed by atoms with van der Waals surface area (Å²) >= 11 is 5.58. The molecule has 2 aliphatic heterocycles. The molecule has 0 bridgehead atoms. The third kappa shape index (κ3) is 3.47. The molecule has 0 aliphatic carbocycles. The molecule has 2 saturated heterocycles. The molecule has 3 rings (SSSR count). The van der Waals surface area contributed by atoms with Crippen molar-refractivity contribution >= 4 is 17.5 Å². The normalized spacial score (nSPS) is 25.9. The molecule has 2 heterocycles. The second-order valence-electron chi connectivity index (χ2n) is 5.92. The summed E-state index contributed by atoms with van der Waals surface area (Å²) in [6, 6.07) is 0.664. The van der Waals surface area contributed by atoms with Crippen LogP contribution in [0.4, 0.5) is 8.78 Å². The Kier molecular flexibility index (Phi) is 4.82. The molecule has 3 atom stereocenters. The molecule has 126 valence electrons. The fraction of sp³-hybridized carbons (Fsp3) is 0.533. The second-order valence-corrected chi connectivity index (χ2v) is 6.33. The lowest BCUT2D eigenvalue weighted by Gasteiger charge is -2.35. The SMILES string of the molecule is O=C(N[C@@H](c1cc(F)c(Cl)cc1F)C1COC1)[C@H]1C[C@@H](O)CN1. The van der Waals surface area contributed by atoms with Crippen molar-refractivity contribution in [3.8, 4) is 0 Å². The van der Waals surface area contributed by atoms with E-state index in [0.29, 0.717) is 19.8 Å². The highest BCUT2D eigenvalue weighted by Crippen LogP contribution is 2.32. The first-order chi connectivity index (χ1) is 11.0. The number of aliphatic hydroxyl groups excluding tert-OH is 1. The largest absolute Gasteiger partial charge is 0.392 e. The molecule has 1 amide bonds. The summed E-state index contributed by atoms with van der Waals surface area (Å²) in [7, 11) is 0. The Balaban J connectivity index is 1.81. The maximum atomic E-state index is 14.2. The van der Waals surface area contributed by atoms with E-state index in [1.165, 1.54) is 0 Å². The van der Waals surface area contributed by atoms with Gasteiger partial charge in [-0.3, -0.25) is 4.79 Å². The van der Waals surface area contributed by atoms with Crippen molar-refractivity contribution in [3.63, 3.8) is 0 Å². The average Bonchev–Trinajstić information content (AvgIpc) is 2.87. The van der Waals surface area contributed by atoms with Gasteiger partial charge in [0.15, 0.2) is 0 Å². The molecule has 5 nitrogen and oxygen atoms in total. The molecule has 3 N–H and O–H groups in total. The Morgan fingerprint density at radius 3 is 2.70 bits per heavy atom. The molecular weight excluding hydrogens is 330 g/mol. The number of carbonyl (C=O) groups excluding carboxylic acids is 1. The standard InChI is InChI=1S/C15H17ClF2N2O3/c16-10-3-11(17)9(2-12(10)18)14(7-5-23-6-7)20-15(22)13-1-8(21)4-19-13/h2-3,7-8,13-14,19,21H,1,4-6H2,(H,20,22)/t8-,13-,14-/m1/s1. The lowest BCUT2D eigenvalue weighted by molar-refractivity contribution is -0.126. The number of carbonyl (C=O) groups is 1. The van der Waals surface area contributed by atoms with Crippen LogP contribution in [0.2, 0.25) is 5.02 Å². The van der Waals surface area contributed by atoms with Crippen molar-refractivity contribution in [3.05, 3.63) is 34.4 Å². The predicted octanol–water partition coefficient (Wildman–Crippen LogP) is 1.14. The van der Waals surface area contributed by atoms with Crippen LogP contribution in [0.15, 0.2) is 12.1 Å². The number of amides is 1. The van der Waals surface area contributed by atoms with E-state index in [1.54, 1.807) is 0 Å². The van der Waals surface area contributed by atoms with E-state index in [9.17, 15) is 18.7 Å². The highest BCUT2D eigenvalue weighted by atomic mass is 35.5. The number of β-amino-alcohol motifs (C(OH)–C–C–N with tert-alkyl or cyclic N) is 1. The molecule has 1 aromatic carbocycles. The molecule has 1 aromatic rings. The van der Waals surface area contributed by atoms with Crippen LogP contribution in [-0.4, -0.2) is 42.9 Å². The molecule has 23 heavy (non-hydrogen) atoms. The number of hydrogen-bond donors (Lipinski definition) is 3. The number of ether oxygens (including phenoxy) is 1. The van der Waals surface area contributed by atoms with Gasteiger partial charge < -0.3 is 20.5 Å². The first-order valence-corrected chi connectivity index (χ1v) is 7.77. The quantitative estimate of drug-likeness (QED) is 0.715. The monoisotopic (exact) mass is 346 g/mol. The Hall–Kier alpha value is -1.28. The van der Waals surface area contributed by atoms with E-state index in [0.717, 1.165) is 12.1 Å². The van der Waals surface area contributed by atoms with E-state index >= 15 is 0 Å². The zero-order valence-corrected chi connectivity index (χ0v) is 12.9. The number of benzene rings is 1. The van der Waals surface area contributed by atoms with Gasteiger partial charge in [-0.2, -0.15) is 0 Å². The van der Waals surface area contributed by atoms with Crippen molar-refractivity contribution in [2.45, 2.75) is 24.6 Å². The molecule has 0 saturated carbocycles. The second kappa shape index (κ2) is 6.68. The summed E-state index contributed by atoms with van der Waals surface area (Å²) in [5.74, 6) is -1.90. The summed E-state index contributed by atoms with van der Waals surface area (Å²) < 4.78 is 33.0. The smallest absolute Gasteiger partial charge is 0.237 e. The molecule has 0 unspecified atom stereocenters. The average molecular weight is 347 g/mol. The van der Waals surface area contributed by atoms with Gasteiger partial charge in [-0.15, -0.1) is 0 Å². The van der Waals surface area contributed by atoms with Crippen LogP contribution in [0.5, 0.6) is 0 Å². The fourth-order valence-corrected chi connectivity index (χ4v) is 2.99. The van der Waals surface area contributed by atoms with E-state index in [4.69, 9.17) is 16.3 Å². The van der Waals surface area contributed by atoms with Gasteiger partial charge in [0.05, 0.1) is 36.4 Å². The van der Waals surface area contributed by atoms with Crippen LogP contribution in [-0.2, 0) is 9.53 Å². The highest BCUT2D eigenvalue weighted by Gasteiger charge is 2.36. The molecule has 8 heteroatoms. The molecular formula is C15H17ClF2N2O3. The zero-order chi connectivity index (χ0) is 16.6. The van der Waals surface area contributed by atoms with E-state index < -0.39 is 29.8 Å². The van der Waals surface area contributed by atoms with E-state index in [-0.39, 0.29) is 28.8 Å². The molecule has 0 aromatic heterocycles. The zero-order valence-electron chi connectivity index (χ0n) is 12.2. The number of rotatable bonds is 4. The van der Waals surface area contributed by atoms with Crippen molar-refractivity contribution in [2.75, 3.05) is 19.8 Å². The number of nitrogens with one attached hydrogen (secondary N) is 2. The Bertz CT molecular complexity index is 613. The topological polar surface area (TPSA) is 70.6 Å². The third-order valence-electron chi connectivity index (χ3n) is 4.23. The minimum Gasteiger partial charge on any atom is -0.392 e. The maximum Gasteiger partial charge on any atom is 0.237 e. The number of aliphatic hydroxyl groups is 1. The van der Waals surface area contributed by atoms with Crippen molar-refractivity contribution < 1.29 is 23.4 Å². The minimum atomic E-state index is -0.739. The summed E-state index contributed by atoms with van der Waals surface area (Å²) in [4.78, 5) is 12.3. The first kappa shape index (κ1) is 16.6. The summed E-state index contributed by atoms with van der Waals surface area (Å²) in [5.41, 5.74) is 0.0482. The van der Waals surface area contributed by atoms with Gasteiger partial charge in [-0.05, 0) is 18.6 Å². The van der Waals surface area contributed by atoms with Gasteiger partial charge in [0.1, 0.15) is 11.6 Å². The van der Waals surface area contributed by atoms with Crippen molar-refractivity contribution in [1.82, 2.24) is 10.6 Å². The lowest BCUT2D eigenvalue weighted by atomic mass is 9.90. The Labute approximate surface area is 137 Å². The molecule has 0 radical (unpaired) electrons. The number of halogens is 3. The van der Waals surface area contributed by atoms with Crippen molar-refractivity contribution in [1.29, 1.82) is 0 Å². The van der Waals surface area contributed by atoms with Gasteiger partial charge in [0, 0.05) is 18.0 Å². The minimum absolute atomic E-state index is 0.0482. The van der Waals surface area contributed by atoms with Gasteiger partial charge >= 0.3 is 0 Å². The molecule has 0 spiro atoms. The van der Waals surface area contributed by atoms with Crippen LogP contribution in [0, 0.1) is 17.6 Å². The molecule has 2 fully saturated rings. The summed E-state index contributed by atoms with van der Waals surface area (Å²) in [5, 5.41) is 14.8. The third-order valence-corrected chi connectivity index (χ3v) is 4.52. The Morgan fingerprint density at radius 2 is 2.13 bits per heavy atom. The fourth-order valence-electron chi connectivity index (χ4n) is 2.84. The summed E-state index contributed by atoms with van der Waals surface area (Å²) in [6.45, 7) is 1.05. The van der Waals surface area contributed by atoms with Crippen LogP contribution in [0.1, 0.15) is 18.0 Å². The highest BCUT2D eigenvalue weighted by molar-refractivity contribution is 6.30. The van der Waals surface area contributed by atoms with Crippen LogP contribution in [0.3, 0.4) is 0 Å². The van der Waals surface area contributed by atoms with Gasteiger partial charge in [0.2, 0.25) is 5.91 Å². The van der Waals surface area contributed by atoms with Crippen molar-refractivity contribution in [2.24, 2.45) is 5.92 Å². The number of hydrogen-bond acceptors (Lipinski definition) is 4. The van der Waals surface area contributed by atoms with E-state index in [1.807, 2.05) is 0 Å². The van der Waals surface area contributed by atoms with Crippen LogP contribution >= 0.6 is 11.6 Å². The predicted molar refractivity (Wildman–Crippen MR) is 79.0 cm³/mol. The van der Waals surface area contributed by atoms with Gasteiger partial charge in [0.25, 0.3) is 0 Å². The first-order valence-electron chi connectivity index (χ1n) is 7.39. The van der Waals surface area contributed by atoms with Crippen LogP contribution < -0.4 is 10.6 Å². The lowest BCUT2D eigenvalue weighted by Crippen LogP contribution is -2.48. The Morgan fingerprint density at radius 1 is 1.39 bits per heavy atom. The van der Waals surface area contributed by atoms with Gasteiger partial charge in [-0.1, -0.05) is 11.6 Å². The maximum absolute atomic E-state index is 14.2. The van der Waals surface area contributed by atoms with Gasteiger partial charge in [-0.25, -0.2) is 8.78 Å². The van der Waals surface area contributed by atoms with E-state index in [2.05, 4.69) is 10.6 Å². The van der Waals surface area contributed by atoms with Crippen LogP contribution in [0.25, 0.3) is 0 Å².